The van der Waals surface area contributed by atoms with Gasteiger partial charge in [-0.3, -0.25) is 4.55 Å². The Bertz CT molecular complexity index is 952. The van der Waals surface area contributed by atoms with Gasteiger partial charge in [-0.05, 0) is 17.5 Å². The molecule has 0 aromatic heterocycles. The lowest BCUT2D eigenvalue weighted by Crippen LogP contribution is -2.19. The van der Waals surface area contributed by atoms with Crippen molar-refractivity contribution in [3.05, 3.63) is 47.0 Å². The van der Waals surface area contributed by atoms with Crippen molar-refractivity contribution in [3.63, 3.8) is 0 Å². The number of hydrogen-bond acceptors (Lipinski definition) is 4. The molecule has 0 aliphatic carbocycles. The average Bonchev–Trinajstić information content (AvgIpc) is 2.49. The Morgan fingerprint density at radius 2 is 1.46 bits per heavy atom. The molecule has 2 N–H and O–H groups in total. The summed E-state index contributed by atoms with van der Waals surface area (Å²) in [5.74, 6) is -9.80. The molecule has 2 rings (SSSR count). The average molecular weight is 394 g/mol. The molecule has 0 radical (unpaired) electrons. The van der Waals surface area contributed by atoms with Gasteiger partial charge in [0.25, 0.3) is 10.1 Å². The van der Waals surface area contributed by atoms with E-state index in [9.17, 15) is 31.1 Å². The SMILES string of the molecule is CC(C)(C)c1c(F)c(F)c(Oc2ccc(O)c(S(=O)(=O)O)c2)c(F)c1F. The molecule has 2 aromatic rings. The minimum atomic E-state index is -4.88. The zero-order valence-corrected chi connectivity index (χ0v) is 14.6. The van der Waals surface area contributed by atoms with Crippen LogP contribution in [0.15, 0.2) is 23.1 Å². The maximum atomic E-state index is 14.2. The van der Waals surface area contributed by atoms with Crippen molar-refractivity contribution >= 4 is 10.1 Å². The Morgan fingerprint density at radius 1 is 0.962 bits per heavy atom. The third-order valence-electron chi connectivity index (χ3n) is 3.40. The van der Waals surface area contributed by atoms with Crippen molar-refractivity contribution < 1.29 is 40.4 Å². The number of aromatic hydroxyl groups is 1. The minimum absolute atomic E-state index is 0.539. The molecule has 0 unspecified atom stereocenters. The molecule has 0 aliphatic rings. The van der Waals surface area contributed by atoms with E-state index in [1.807, 2.05) is 0 Å². The van der Waals surface area contributed by atoms with Crippen molar-refractivity contribution in [3.8, 4) is 17.2 Å². The highest BCUT2D eigenvalue weighted by Gasteiger charge is 2.33. The van der Waals surface area contributed by atoms with Crippen LogP contribution in [0.3, 0.4) is 0 Å². The molecule has 5 nitrogen and oxygen atoms in total. The Hall–Kier alpha value is -2.33. The second-order valence-corrected chi connectivity index (χ2v) is 7.81. The zero-order valence-electron chi connectivity index (χ0n) is 13.8. The van der Waals surface area contributed by atoms with Crippen LogP contribution in [0.4, 0.5) is 17.6 Å². The van der Waals surface area contributed by atoms with Gasteiger partial charge in [0, 0.05) is 11.6 Å². The first-order valence-electron chi connectivity index (χ1n) is 7.10. The fourth-order valence-electron chi connectivity index (χ4n) is 2.24. The van der Waals surface area contributed by atoms with Crippen LogP contribution in [0, 0.1) is 23.3 Å². The van der Waals surface area contributed by atoms with Crippen LogP contribution in [0.1, 0.15) is 26.3 Å². The first-order valence-corrected chi connectivity index (χ1v) is 8.54. The summed E-state index contributed by atoms with van der Waals surface area (Å²) in [5, 5.41) is 9.40. The third-order valence-corrected chi connectivity index (χ3v) is 4.28. The summed E-state index contributed by atoms with van der Waals surface area (Å²) in [6.07, 6.45) is 0. The van der Waals surface area contributed by atoms with Gasteiger partial charge >= 0.3 is 0 Å². The van der Waals surface area contributed by atoms with Crippen LogP contribution in [0.2, 0.25) is 0 Å². The quantitative estimate of drug-likeness (QED) is 0.461. The first kappa shape index (κ1) is 20.0. The molecule has 2 aromatic carbocycles. The van der Waals surface area contributed by atoms with Crippen molar-refractivity contribution in [1.29, 1.82) is 0 Å². The Kier molecular flexibility index (Phi) is 4.95. The number of halogens is 4. The Morgan fingerprint density at radius 3 is 1.88 bits per heavy atom. The number of benzene rings is 2. The fraction of sp³-hybridized carbons (Fsp3) is 0.250. The number of phenols is 1. The molecule has 0 saturated heterocycles. The Labute approximate surface area is 146 Å². The maximum absolute atomic E-state index is 14.2. The third kappa shape index (κ3) is 3.61. The van der Waals surface area contributed by atoms with E-state index in [2.05, 4.69) is 0 Å². The van der Waals surface area contributed by atoms with Gasteiger partial charge in [-0.1, -0.05) is 20.8 Å². The summed E-state index contributed by atoms with van der Waals surface area (Å²) < 4.78 is 92.8. The topological polar surface area (TPSA) is 83.8 Å². The number of phenolic OH excluding ortho intramolecular Hbond substituents is 1. The van der Waals surface area contributed by atoms with Gasteiger partial charge in [-0.25, -0.2) is 8.78 Å². The standard InChI is InChI=1S/C16H14F4O5S/c1-16(2,3)10-11(17)13(19)15(14(20)12(10)18)25-7-4-5-8(21)9(6-7)26(22,23)24/h4-6,21H,1-3H3,(H,22,23,24). The lowest BCUT2D eigenvalue weighted by molar-refractivity contribution is 0.346. The summed E-state index contributed by atoms with van der Waals surface area (Å²) in [6.45, 7) is 4.06. The summed E-state index contributed by atoms with van der Waals surface area (Å²) in [4.78, 5) is -1.01. The van der Waals surface area contributed by atoms with E-state index in [0.717, 1.165) is 12.1 Å². The molecule has 0 bridgehead atoms. The monoisotopic (exact) mass is 394 g/mol. The molecule has 0 saturated carbocycles. The second kappa shape index (κ2) is 6.44. The summed E-state index contributed by atoms with van der Waals surface area (Å²) in [5.41, 5.74) is -2.06. The van der Waals surface area contributed by atoms with Gasteiger partial charge in [-0.15, -0.1) is 0 Å². The number of hydrogen-bond donors (Lipinski definition) is 2. The zero-order chi connectivity index (χ0) is 20.0. The van der Waals surface area contributed by atoms with E-state index >= 15 is 0 Å². The van der Waals surface area contributed by atoms with E-state index in [1.165, 1.54) is 20.8 Å². The van der Waals surface area contributed by atoms with Crippen molar-refractivity contribution in [2.75, 3.05) is 0 Å². The van der Waals surface area contributed by atoms with Gasteiger partial charge in [0.2, 0.25) is 17.4 Å². The van der Waals surface area contributed by atoms with E-state index in [1.54, 1.807) is 0 Å². The van der Waals surface area contributed by atoms with Crippen molar-refractivity contribution in [1.82, 2.24) is 0 Å². The van der Waals surface area contributed by atoms with Crippen LogP contribution in [0.5, 0.6) is 17.2 Å². The molecular weight excluding hydrogens is 380 g/mol. The van der Waals surface area contributed by atoms with Crippen molar-refractivity contribution in [2.45, 2.75) is 31.1 Å². The lowest BCUT2D eigenvalue weighted by Gasteiger charge is -2.22. The van der Waals surface area contributed by atoms with Gasteiger partial charge in [0.15, 0.2) is 11.6 Å². The second-order valence-electron chi connectivity index (χ2n) is 6.42. The smallest absolute Gasteiger partial charge is 0.298 e. The van der Waals surface area contributed by atoms with E-state index in [0.29, 0.717) is 6.07 Å². The highest BCUT2D eigenvalue weighted by Crippen LogP contribution is 2.39. The molecule has 0 spiro atoms. The lowest BCUT2D eigenvalue weighted by atomic mass is 9.86. The van der Waals surface area contributed by atoms with Gasteiger partial charge < -0.3 is 9.84 Å². The minimum Gasteiger partial charge on any atom is -0.506 e. The molecule has 26 heavy (non-hydrogen) atoms. The molecule has 0 heterocycles. The first-order chi connectivity index (χ1) is 11.7. The fourth-order valence-corrected chi connectivity index (χ4v) is 2.84. The predicted octanol–water partition coefficient (Wildman–Crippen LogP) is 4.29. The summed E-state index contributed by atoms with van der Waals surface area (Å²) in [6, 6.07) is 2.18. The van der Waals surface area contributed by atoms with Gasteiger partial charge in [0.1, 0.15) is 16.4 Å². The highest BCUT2D eigenvalue weighted by atomic mass is 32.2. The highest BCUT2D eigenvalue weighted by molar-refractivity contribution is 7.86. The Balaban J connectivity index is 2.63. The van der Waals surface area contributed by atoms with Crippen LogP contribution < -0.4 is 4.74 Å². The van der Waals surface area contributed by atoms with Crippen LogP contribution >= 0.6 is 0 Å². The van der Waals surface area contributed by atoms with Crippen molar-refractivity contribution in [2.24, 2.45) is 0 Å². The largest absolute Gasteiger partial charge is 0.506 e. The normalized spacial score (nSPS) is 12.3. The molecule has 0 amide bonds. The summed E-state index contributed by atoms with van der Waals surface area (Å²) in [7, 11) is -4.88. The van der Waals surface area contributed by atoms with E-state index < -0.39 is 66.5 Å². The number of ether oxygens (including phenoxy) is 1. The van der Waals surface area contributed by atoms with Gasteiger partial charge in [-0.2, -0.15) is 17.2 Å². The molecule has 10 heteroatoms. The molecular formula is C16H14F4O5S. The molecule has 0 aliphatic heterocycles. The number of rotatable bonds is 3. The van der Waals surface area contributed by atoms with Crippen LogP contribution in [-0.4, -0.2) is 18.1 Å². The van der Waals surface area contributed by atoms with Crippen LogP contribution in [-0.2, 0) is 15.5 Å². The van der Waals surface area contributed by atoms with Crippen LogP contribution in [0.25, 0.3) is 0 Å². The van der Waals surface area contributed by atoms with Gasteiger partial charge in [0.05, 0.1) is 0 Å². The molecule has 0 atom stereocenters. The maximum Gasteiger partial charge on any atom is 0.298 e. The molecule has 0 fully saturated rings. The molecule has 142 valence electrons. The van der Waals surface area contributed by atoms with E-state index in [-0.39, 0.29) is 0 Å². The van der Waals surface area contributed by atoms with E-state index in [4.69, 9.17) is 9.29 Å². The summed E-state index contributed by atoms with van der Waals surface area (Å²) >= 11 is 0. The predicted molar refractivity (Wildman–Crippen MR) is 83.0 cm³/mol.